The van der Waals surface area contributed by atoms with Crippen LogP contribution in [0.15, 0.2) is 36.5 Å². The summed E-state index contributed by atoms with van der Waals surface area (Å²) in [7, 11) is 1.95. The van der Waals surface area contributed by atoms with Crippen LogP contribution in [0.1, 0.15) is 0 Å². The Balaban J connectivity index is 2.35. The van der Waals surface area contributed by atoms with Gasteiger partial charge in [-0.2, -0.15) is 0 Å². The molecule has 0 aliphatic carbocycles. The van der Waals surface area contributed by atoms with E-state index in [1.165, 1.54) is 3.57 Å². The SMILES string of the molecule is CN(c1cccc(I)c1)c1ccnc(Cl)n1. The molecule has 82 valence electrons. The van der Waals surface area contributed by atoms with Gasteiger partial charge in [0.25, 0.3) is 0 Å². The van der Waals surface area contributed by atoms with Gasteiger partial charge in [0.05, 0.1) is 0 Å². The van der Waals surface area contributed by atoms with E-state index in [1.807, 2.05) is 36.2 Å². The summed E-state index contributed by atoms with van der Waals surface area (Å²) in [5.74, 6) is 0.780. The maximum atomic E-state index is 5.76. The fourth-order valence-electron chi connectivity index (χ4n) is 1.33. The molecule has 0 unspecified atom stereocenters. The van der Waals surface area contributed by atoms with Crippen LogP contribution in [-0.2, 0) is 0 Å². The van der Waals surface area contributed by atoms with Gasteiger partial charge in [-0.15, -0.1) is 0 Å². The van der Waals surface area contributed by atoms with Gasteiger partial charge in [0.1, 0.15) is 5.82 Å². The molecule has 0 aliphatic rings. The van der Waals surface area contributed by atoms with Crippen LogP contribution in [-0.4, -0.2) is 17.0 Å². The maximum absolute atomic E-state index is 5.76. The molecule has 1 aromatic carbocycles. The summed E-state index contributed by atoms with van der Waals surface area (Å²) in [6, 6.07) is 9.99. The summed E-state index contributed by atoms with van der Waals surface area (Å²) in [6.07, 6.45) is 1.65. The van der Waals surface area contributed by atoms with Crippen molar-refractivity contribution >= 4 is 45.7 Å². The van der Waals surface area contributed by atoms with Crippen molar-refractivity contribution in [3.05, 3.63) is 45.4 Å². The molecule has 0 saturated heterocycles. The van der Waals surface area contributed by atoms with Crippen LogP contribution < -0.4 is 4.90 Å². The Kier molecular flexibility index (Phi) is 3.60. The van der Waals surface area contributed by atoms with E-state index in [4.69, 9.17) is 11.6 Å². The van der Waals surface area contributed by atoms with Crippen molar-refractivity contribution in [2.75, 3.05) is 11.9 Å². The van der Waals surface area contributed by atoms with E-state index in [-0.39, 0.29) is 5.28 Å². The summed E-state index contributed by atoms with van der Waals surface area (Å²) >= 11 is 8.04. The van der Waals surface area contributed by atoms with Gasteiger partial charge >= 0.3 is 0 Å². The first-order valence-electron chi connectivity index (χ1n) is 4.64. The highest BCUT2D eigenvalue weighted by atomic mass is 127. The fourth-order valence-corrected chi connectivity index (χ4v) is 2.00. The number of hydrogen-bond acceptors (Lipinski definition) is 3. The molecule has 0 atom stereocenters. The maximum Gasteiger partial charge on any atom is 0.224 e. The van der Waals surface area contributed by atoms with Gasteiger partial charge in [0.2, 0.25) is 5.28 Å². The van der Waals surface area contributed by atoms with Crippen LogP contribution >= 0.6 is 34.2 Å². The van der Waals surface area contributed by atoms with Crippen molar-refractivity contribution in [1.82, 2.24) is 9.97 Å². The second kappa shape index (κ2) is 4.97. The van der Waals surface area contributed by atoms with Crippen LogP contribution in [0.5, 0.6) is 0 Å². The van der Waals surface area contributed by atoms with E-state index < -0.39 is 0 Å². The molecule has 2 aromatic rings. The van der Waals surface area contributed by atoms with E-state index in [0.717, 1.165) is 11.5 Å². The summed E-state index contributed by atoms with van der Waals surface area (Å²) in [5, 5.41) is 0.259. The number of aromatic nitrogens is 2. The van der Waals surface area contributed by atoms with Crippen LogP contribution in [0.3, 0.4) is 0 Å². The lowest BCUT2D eigenvalue weighted by Gasteiger charge is -2.18. The third kappa shape index (κ3) is 2.62. The molecule has 0 fully saturated rings. The number of rotatable bonds is 2. The zero-order chi connectivity index (χ0) is 11.5. The highest BCUT2D eigenvalue weighted by molar-refractivity contribution is 14.1. The predicted molar refractivity (Wildman–Crippen MR) is 74.3 cm³/mol. The second-order valence-corrected chi connectivity index (χ2v) is 4.81. The third-order valence-corrected chi connectivity index (χ3v) is 3.00. The standard InChI is InChI=1S/C11H9ClIN3/c1-16(9-4-2-3-8(13)7-9)10-5-6-14-11(12)15-10/h2-7H,1H3. The number of hydrogen-bond donors (Lipinski definition) is 0. The zero-order valence-corrected chi connectivity index (χ0v) is 11.5. The van der Waals surface area contributed by atoms with Crippen LogP contribution in [0, 0.1) is 3.57 Å². The van der Waals surface area contributed by atoms with E-state index in [1.54, 1.807) is 6.20 Å². The normalized spacial score (nSPS) is 10.2. The molecule has 1 aromatic heterocycles. The van der Waals surface area contributed by atoms with Crippen LogP contribution in [0.25, 0.3) is 0 Å². The lowest BCUT2D eigenvalue weighted by atomic mass is 10.3. The van der Waals surface area contributed by atoms with E-state index >= 15 is 0 Å². The highest BCUT2D eigenvalue weighted by Crippen LogP contribution is 2.23. The monoisotopic (exact) mass is 345 g/mol. The Morgan fingerprint density at radius 1 is 1.31 bits per heavy atom. The molecule has 0 bridgehead atoms. The minimum Gasteiger partial charge on any atom is -0.329 e. The molecular formula is C11H9ClIN3. The Hall–Kier alpha value is -0.880. The topological polar surface area (TPSA) is 29.0 Å². The quantitative estimate of drug-likeness (QED) is 0.616. The average Bonchev–Trinajstić information content (AvgIpc) is 2.28. The highest BCUT2D eigenvalue weighted by Gasteiger charge is 2.06. The minimum absolute atomic E-state index is 0.259. The number of anilines is 2. The molecule has 2 rings (SSSR count). The summed E-state index contributed by atoms with van der Waals surface area (Å²) in [5.41, 5.74) is 1.07. The molecule has 0 radical (unpaired) electrons. The number of nitrogens with zero attached hydrogens (tertiary/aromatic N) is 3. The van der Waals surface area contributed by atoms with Gasteiger partial charge in [-0.1, -0.05) is 6.07 Å². The summed E-state index contributed by atoms with van der Waals surface area (Å²) in [4.78, 5) is 9.98. The van der Waals surface area contributed by atoms with Gasteiger partial charge in [0, 0.05) is 22.5 Å². The Morgan fingerprint density at radius 2 is 2.12 bits per heavy atom. The van der Waals surface area contributed by atoms with Crippen molar-refractivity contribution in [3.8, 4) is 0 Å². The van der Waals surface area contributed by atoms with Crippen molar-refractivity contribution in [2.45, 2.75) is 0 Å². The first kappa shape index (κ1) is 11.6. The molecular weight excluding hydrogens is 336 g/mol. The van der Waals surface area contributed by atoms with Gasteiger partial charge in [-0.05, 0) is 58.5 Å². The molecule has 0 aliphatic heterocycles. The summed E-state index contributed by atoms with van der Waals surface area (Å²) < 4.78 is 1.18. The fraction of sp³-hybridized carbons (Fsp3) is 0.0909. The predicted octanol–water partition coefficient (Wildman–Crippen LogP) is 3.50. The number of benzene rings is 1. The van der Waals surface area contributed by atoms with Gasteiger partial charge in [0.15, 0.2) is 0 Å². The Morgan fingerprint density at radius 3 is 2.81 bits per heavy atom. The first-order chi connectivity index (χ1) is 7.66. The molecule has 16 heavy (non-hydrogen) atoms. The Labute approximate surface area is 113 Å². The van der Waals surface area contributed by atoms with Crippen molar-refractivity contribution in [1.29, 1.82) is 0 Å². The molecule has 0 saturated carbocycles. The van der Waals surface area contributed by atoms with Crippen molar-refractivity contribution < 1.29 is 0 Å². The van der Waals surface area contributed by atoms with E-state index in [9.17, 15) is 0 Å². The van der Waals surface area contributed by atoms with Crippen molar-refractivity contribution in [3.63, 3.8) is 0 Å². The van der Waals surface area contributed by atoms with E-state index in [2.05, 4.69) is 38.6 Å². The minimum atomic E-state index is 0.259. The number of halogens is 2. The molecule has 0 N–H and O–H groups in total. The lowest BCUT2D eigenvalue weighted by Crippen LogP contribution is -2.11. The zero-order valence-electron chi connectivity index (χ0n) is 8.56. The van der Waals surface area contributed by atoms with Gasteiger partial charge in [-0.25, -0.2) is 9.97 Å². The smallest absolute Gasteiger partial charge is 0.224 e. The molecule has 0 spiro atoms. The van der Waals surface area contributed by atoms with Crippen LogP contribution in [0.4, 0.5) is 11.5 Å². The van der Waals surface area contributed by atoms with E-state index in [0.29, 0.717) is 0 Å². The average molecular weight is 346 g/mol. The molecule has 1 heterocycles. The second-order valence-electron chi connectivity index (χ2n) is 3.22. The van der Waals surface area contributed by atoms with Gasteiger partial charge < -0.3 is 4.90 Å². The van der Waals surface area contributed by atoms with Crippen LogP contribution in [0.2, 0.25) is 5.28 Å². The molecule has 0 amide bonds. The lowest BCUT2D eigenvalue weighted by molar-refractivity contribution is 1.08. The first-order valence-corrected chi connectivity index (χ1v) is 6.10. The molecule has 5 heteroatoms. The van der Waals surface area contributed by atoms with Gasteiger partial charge in [-0.3, -0.25) is 0 Å². The summed E-state index contributed by atoms with van der Waals surface area (Å²) in [6.45, 7) is 0. The molecule has 3 nitrogen and oxygen atoms in total. The van der Waals surface area contributed by atoms with Crippen molar-refractivity contribution in [2.24, 2.45) is 0 Å². The largest absolute Gasteiger partial charge is 0.329 e. The Bertz CT molecular complexity index is 459. The third-order valence-electron chi connectivity index (χ3n) is 2.15.